The van der Waals surface area contributed by atoms with E-state index in [4.69, 9.17) is 5.84 Å². The van der Waals surface area contributed by atoms with Crippen LogP contribution in [0.2, 0.25) is 0 Å². The molecule has 3 aromatic carbocycles. The second kappa shape index (κ2) is 7.42. The van der Waals surface area contributed by atoms with Crippen LogP contribution >= 0.6 is 11.3 Å². The normalized spacial score (nSPS) is 10.8. The number of fused-ring (bicyclic) bond motifs is 1. The minimum absolute atomic E-state index is 0.133. The summed E-state index contributed by atoms with van der Waals surface area (Å²) < 4.78 is 1.01. The highest BCUT2D eigenvalue weighted by Crippen LogP contribution is 2.35. The van der Waals surface area contributed by atoms with Gasteiger partial charge in [-0.3, -0.25) is 10.2 Å². The maximum atomic E-state index is 12.8. The predicted octanol–water partition coefficient (Wildman–Crippen LogP) is 5.12. The van der Waals surface area contributed by atoms with Crippen molar-refractivity contribution in [3.63, 3.8) is 0 Å². The van der Waals surface area contributed by atoms with Crippen molar-refractivity contribution >= 4 is 38.3 Å². The summed E-state index contributed by atoms with van der Waals surface area (Å²) in [6, 6.07) is 19.7. The lowest BCUT2D eigenvalue weighted by Crippen LogP contribution is -2.13. The molecule has 0 unspecified atom stereocenters. The van der Waals surface area contributed by atoms with E-state index in [0.29, 0.717) is 10.7 Å². The van der Waals surface area contributed by atoms with E-state index >= 15 is 0 Å². The molecule has 0 fully saturated rings. The van der Waals surface area contributed by atoms with Crippen molar-refractivity contribution in [3.05, 3.63) is 77.4 Å². The number of hydrazine groups is 1. The topological polar surface area (TPSA) is 80.0 Å². The van der Waals surface area contributed by atoms with Crippen LogP contribution in [0, 0.1) is 13.8 Å². The number of aromatic nitrogens is 1. The summed E-state index contributed by atoms with van der Waals surface area (Å²) in [6.07, 6.45) is 0. The molecule has 0 radical (unpaired) electrons. The van der Waals surface area contributed by atoms with Crippen LogP contribution in [0.15, 0.2) is 60.7 Å². The third-order valence-electron chi connectivity index (χ3n) is 4.73. The van der Waals surface area contributed by atoms with Crippen molar-refractivity contribution in [1.29, 1.82) is 0 Å². The molecule has 1 heterocycles. The molecule has 4 rings (SSSR count). The van der Waals surface area contributed by atoms with Gasteiger partial charge in [-0.1, -0.05) is 53.8 Å². The molecule has 0 aliphatic carbocycles. The lowest BCUT2D eigenvalue weighted by molar-refractivity contribution is 0.102. The first-order valence-corrected chi connectivity index (χ1v) is 9.72. The quantitative estimate of drug-likeness (QED) is 0.335. The largest absolute Gasteiger partial charge is 0.321 e. The van der Waals surface area contributed by atoms with Gasteiger partial charge in [0.1, 0.15) is 0 Å². The highest BCUT2D eigenvalue weighted by molar-refractivity contribution is 7.22. The van der Waals surface area contributed by atoms with E-state index in [9.17, 15) is 4.79 Å². The van der Waals surface area contributed by atoms with Crippen LogP contribution in [-0.4, -0.2) is 10.9 Å². The van der Waals surface area contributed by atoms with Gasteiger partial charge in [0.15, 0.2) is 5.13 Å². The molecule has 0 saturated heterocycles. The number of nitrogens with two attached hydrogens (primary N) is 1. The average Bonchev–Trinajstić information content (AvgIpc) is 3.15. The Morgan fingerprint density at radius 2 is 1.68 bits per heavy atom. The predicted molar refractivity (Wildman–Crippen MR) is 117 cm³/mol. The maximum Gasteiger partial charge on any atom is 0.255 e. The van der Waals surface area contributed by atoms with Gasteiger partial charge in [0, 0.05) is 11.3 Å². The van der Waals surface area contributed by atoms with E-state index in [-0.39, 0.29) is 5.91 Å². The first-order chi connectivity index (χ1) is 13.6. The van der Waals surface area contributed by atoms with Gasteiger partial charge in [-0.25, -0.2) is 10.8 Å². The van der Waals surface area contributed by atoms with E-state index < -0.39 is 0 Å². The minimum atomic E-state index is -0.133. The van der Waals surface area contributed by atoms with Crippen molar-refractivity contribution in [2.75, 3.05) is 10.7 Å². The number of benzene rings is 3. The molecule has 4 aromatic rings. The molecule has 4 N–H and O–H groups in total. The van der Waals surface area contributed by atoms with Gasteiger partial charge in [-0.05, 0) is 54.3 Å². The van der Waals surface area contributed by atoms with Crippen LogP contribution < -0.4 is 16.6 Å². The van der Waals surface area contributed by atoms with Crippen molar-refractivity contribution in [1.82, 2.24) is 4.98 Å². The SMILES string of the molecule is Cc1cc2nc(NN)sc2c(C)c1NC(=O)c1ccc(-c2ccccc2)cc1. The number of rotatable bonds is 4. The number of amides is 1. The molecule has 0 atom stereocenters. The molecule has 0 saturated carbocycles. The summed E-state index contributed by atoms with van der Waals surface area (Å²) in [5, 5.41) is 3.71. The van der Waals surface area contributed by atoms with Gasteiger partial charge in [0.05, 0.1) is 10.2 Å². The lowest BCUT2D eigenvalue weighted by Gasteiger charge is -2.12. The number of nitrogens with one attached hydrogen (secondary N) is 2. The standard InChI is InChI=1S/C22H20N4OS/c1-13-12-18-20(28-22(24-18)26-23)14(2)19(13)25-21(27)17-10-8-16(9-11-17)15-6-4-3-5-7-15/h3-12H,23H2,1-2H3,(H,24,26)(H,25,27). The van der Waals surface area contributed by atoms with Gasteiger partial charge in [-0.15, -0.1) is 0 Å². The summed E-state index contributed by atoms with van der Waals surface area (Å²) in [4.78, 5) is 17.2. The number of nitrogens with zero attached hydrogens (tertiary/aromatic N) is 1. The van der Waals surface area contributed by atoms with Crippen LogP contribution in [0.5, 0.6) is 0 Å². The number of hydrogen-bond acceptors (Lipinski definition) is 5. The van der Waals surface area contributed by atoms with E-state index in [1.165, 1.54) is 11.3 Å². The Kier molecular flexibility index (Phi) is 4.81. The van der Waals surface area contributed by atoms with Crippen molar-refractivity contribution in [3.8, 4) is 11.1 Å². The second-order valence-corrected chi connectivity index (χ2v) is 7.60. The maximum absolute atomic E-state index is 12.8. The number of nitrogen functional groups attached to an aromatic ring is 1. The van der Waals surface area contributed by atoms with Crippen molar-refractivity contribution in [2.45, 2.75) is 13.8 Å². The van der Waals surface area contributed by atoms with Crippen LogP contribution in [-0.2, 0) is 0 Å². The van der Waals surface area contributed by atoms with Crippen LogP contribution in [0.3, 0.4) is 0 Å². The van der Waals surface area contributed by atoms with Crippen LogP contribution in [0.25, 0.3) is 21.3 Å². The van der Waals surface area contributed by atoms with Gasteiger partial charge in [-0.2, -0.15) is 0 Å². The summed E-state index contributed by atoms with van der Waals surface area (Å²) in [7, 11) is 0. The molecule has 28 heavy (non-hydrogen) atoms. The first kappa shape index (κ1) is 18.2. The second-order valence-electron chi connectivity index (χ2n) is 6.60. The Morgan fingerprint density at radius 3 is 2.36 bits per heavy atom. The third-order valence-corrected chi connectivity index (χ3v) is 5.85. The van der Waals surface area contributed by atoms with Gasteiger partial charge < -0.3 is 5.32 Å². The molecular weight excluding hydrogens is 368 g/mol. The summed E-state index contributed by atoms with van der Waals surface area (Å²) in [5.74, 6) is 5.35. The first-order valence-electron chi connectivity index (χ1n) is 8.91. The molecule has 0 spiro atoms. The zero-order valence-corrected chi connectivity index (χ0v) is 16.4. The van der Waals surface area contributed by atoms with Crippen molar-refractivity contribution < 1.29 is 4.79 Å². The van der Waals surface area contributed by atoms with E-state index in [0.717, 1.165) is 38.2 Å². The van der Waals surface area contributed by atoms with E-state index in [1.54, 1.807) is 0 Å². The number of hydrogen-bond donors (Lipinski definition) is 3. The van der Waals surface area contributed by atoms with E-state index in [2.05, 4.69) is 27.9 Å². The highest BCUT2D eigenvalue weighted by atomic mass is 32.1. The summed E-state index contributed by atoms with van der Waals surface area (Å²) in [6.45, 7) is 3.96. The van der Waals surface area contributed by atoms with Crippen LogP contribution in [0.4, 0.5) is 10.8 Å². The number of carbonyl (C=O) groups excluding carboxylic acids is 1. The minimum Gasteiger partial charge on any atom is -0.321 e. The Morgan fingerprint density at radius 1 is 1.00 bits per heavy atom. The fourth-order valence-corrected chi connectivity index (χ4v) is 4.13. The molecular formula is C22H20N4OS. The smallest absolute Gasteiger partial charge is 0.255 e. The summed E-state index contributed by atoms with van der Waals surface area (Å²) in [5.41, 5.74) is 9.06. The van der Waals surface area contributed by atoms with Gasteiger partial charge >= 0.3 is 0 Å². The summed E-state index contributed by atoms with van der Waals surface area (Å²) >= 11 is 1.47. The monoisotopic (exact) mass is 388 g/mol. The number of thiazole rings is 1. The zero-order chi connectivity index (χ0) is 19.7. The molecule has 0 aliphatic rings. The molecule has 0 aliphatic heterocycles. The Labute approximate surface area is 167 Å². The van der Waals surface area contributed by atoms with E-state index in [1.807, 2.05) is 62.4 Å². The van der Waals surface area contributed by atoms with Gasteiger partial charge in [0.2, 0.25) is 0 Å². The molecule has 0 bridgehead atoms. The fourth-order valence-electron chi connectivity index (χ4n) is 3.27. The average molecular weight is 388 g/mol. The van der Waals surface area contributed by atoms with Crippen LogP contribution in [0.1, 0.15) is 21.5 Å². The number of carbonyl (C=O) groups is 1. The molecule has 1 amide bonds. The molecule has 140 valence electrons. The molecule has 5 nitrogen and oxygen atoms in total. The highest BCUT2D eigenvalue weighted by Gasteiger charge is 2.15. The molecule has 1 aromatic heterocycles. The fraction of sp³-hybridized carbons (Fsp3) is 0.0909. The lowest BCUT2D eigenvalue weighted by atomic mass is 10.0. The number of anilines is 2. The number of aryl methyl sites for hydroxylation is 2. The zero-order valence-electron chi connectivity index (χ0n) is 15.6. The molecule has 6 heteroatoms. The Balaban J connectivity index is 1.61. The third kappa shape index (κ3) is 3.35. The Bertz CT molecular complexity index is 1150. The van der Waals surface area contributed by atoms with Gasteiger partial charge in [0.25, 0.3) is 5.91 Å². The van der Waals surface area contributed by atoms with Crippen molar-refractivity contribution in [2.24, 2.45) is 5.84 Å². The Hall–Kier alpha value is -3.22.